The fourth-order valence-electron chi connectivity index (χ4n) is 2.26. The molecule has 1 aromatic heterocycles. The van der Waals surface area contributed by atoms with Crippen molar-refractivity contribution >= 4 is 45.2 Å². The summed E-state index contributed by atoms with van der Waals surface area (Å²) in [6.45, 7) is 0.0389. The summed E-state index contributed by atoms with van der Waals surface area (Å²) in [5.41, 5.74) is 1.82. The van der Waals surface area contributed by atoms with E-state index in [4.69, 9.17) is 9.47 Å². The zero-order chi connectivity index (χ0) is 19.1. The van der Waals surface area contributed by atoms with E-state index >= 15 is 0 Å². The van der Waals surface area contributed by atoms with Gasteiger partial charge in [0.1, 0.15) is 5.75 Å². The van der Waals surface area contributed by atoms with E-state index in [0.717, 1.165) is 25.9 Å². The molecular formula is C19H18N2O4S2. The van der Waals surface area contributed by atoms with Gasteiger partial charge >= 0.3 is 5.97 Å². The standard InChI is InChI=1S/C19H18N2O4S2/c1-24-14-6-4-5-13(9-14)10-20-17(22)11-25-18(23)12-26-19-21-15-7-2-3-8-16(15)27-19/h2-9H,10-12H2,1H3,(H,20,22). The highest BCUT2D eigenvalue weighted by Gasteiger charge is 2.11. The lowest BCUT2D eigenvalue weighted by Crippen LogP contribution is -2.28. The van der Waals surface area contributed by atoms with Crippen molar-refractivity contribution in [2.24, 2.45) is 0 Å². The number of amides is 1. The predicted octanol–water partition coefficient (Wildman–Crippen LogP) is 3.26. The number of esters is 1. The monoisotopic (exact) mass is 402 g/mol. The molecular weight excluding hydrogens is 384 g/mol. The van der Waals surface area contributed by atoms with Gasteiger partial charge in [0.15, 0.2) is 10.9 Å². The first kappa shape index (κ1) is 19.2. The number of fused-ring (bicyclic) bond motifs is 1. The number of nitrogens with one attached hydrogen (secondary N) is 1. The van der Waals surface area contributed by atoms with Crippen LogP contribution in [0.3, 0.4) is 0 Å². The summed E-state index contributed by atoms with van der Waals surface area (Å²) in [6, 6.07) is 15.2. The molecule has 3 rings (SSSR count). The Labute approximate surface area is 164 Å². The van der Waals surface area contributed by atoms with Gasteiger partial charge in [-0.3, -0.25) is 9.59 Å². The van der Waals surface area contributed by atoms with Crippen LogP contribution in [-0.2, 0) is 20.9 Å². The molecule has 0 aliphatic carbocycles. The minimum absolute atomic E-state index is 0.114. The van der Waals surface area contributed by atoms with Crippen molar-refractivity contribution in [2.45, 2.75) is 10.9 Å². The molecule has 0 atom stereocenters. The van der Waals surface area contributed by atoms with Gasteiger partial charge in [-0.05, 0) is 29.8 Å². The maximum absolute atomic E-state index is 11.8. The Kier molecular flexibility index (Phi) is 6.67. The lowest BCUT2D eigenvalue weighted by molar-refractivity contribution is -0.145. The van der Waals surface area contributed by atoms with Crippen LogP contribution in [0.2, 0.25) is 0 Å². The Morgan fingerprint density at radius 2 is 2.04 bits per heavy atom. The quantitative estimate of drug-likeness (QED) is 0.460. The van der Waals surface area contributed by atoms with Gasteiger partial charge in [-0.25, -0.2) is 4.98 Å². The zero-order valence-corrected chi connectivity index (χ0v) is 16.3. The van der Waals surface area contributed by atoms with Gasteiger partial charge in [0.25, 0.3) is 5.91 Å². The second kappa shape index (κ2) is 9.38. The van der Waals surface area contributed by atoms with Crippen LogP contribution in [0.1, 0.15) is 5.56 Å². The number of carbonyl (C=O) groups is 2. The van der Waals surface area contributed by atoms with E-state index in [1.54, 1.807) is 7.11 Å². The summed E-state index contributed by atoms with van der Waals surface area (Å²) in [5, 5.41) is 2.71. The minimum atomic E-state index is -0.448. The van der Waals surface area contributed by atoms with Crippen molar-refractivity contribution < 1.29 is 19.1 Å². The van der Waals surface area contributed by atoms with Gasteiger partial charge in [-0.1, -0.05) is 36.0 Å². The number of carbonyl (C=O) groups excluding carboxylic acids is 2. The molecule has 0 unspecified atom stereocenters. The number of thioether (sulfide) groups is 1. The van der Waals surface area contributed by atoms with Crippen LogP contribution < -0.4 is 10.1 Å². The number of para-hydroxylation sites is 1. The molecule has 140 valence electrons. The van der Waals surface area contributed by atoms with Gasteiger partial charge in [0.2, 0.25) is 0 Å². The molecule has 0 saturated carbocycles. The van der Waals surface area contributed by atoms with E-state index < -0.39 is 5.97 Å². The van der Waals surface area contributed by atoms with E-state index in [-0.39, 0.29) is 18.3 Å². The van der Waals surface area contributed by atoms with Crippen molar-refractivity contribution in [3.63, 3.8) is 0 Å². The summed E-state index contributed by atoms with van der Waals surface area (Å²) in [7, 11) is 1.59. The van der Waals surface area contributed by atoms with Gasteiger partial charge in [0.05, 0.1) is 23.1 Å². The smallest absolute Gasteiger partial charge is 0.316 e. The van der Waals surface area contributed by atoms with Crippen molar-refractivity contribution in [3.8, 4) is 5.75 Å². The average molecular weight is 402 g/mol. The van der Waals surface area contributed by atoms with Crippen molar-refractivity contribution in [1.29, 1.82) is 0 Å². The van der Waals surface area contributed by atoms with Gasteiger partial charge < -0.3 is 14.8 Å². The number of nitrogens with zero attached hydrogens (tertiary/aromatic N) is 1. The summed E-state index contributed by atoms with van der Waals surface area (Å²) in [5.74, 6) is 0.0372. The van der Waals surface area contributed by atoms with Gasteiger partial charge in [-0.15, -0.1) is 11.3 Å². The van der Waals surface area contributed by atoms with Crippen molar-refractivity contribution in [3.05, 3.63) is 54.1 Å². The van der Waals surface area contributed by atoms with Crippen LogP contribution in [0.25, 0.3) is 10.2 Å². The second-order valence-corrected chi connectivity index (χ2v) is 7.78. The van der Waals surface area contributed by atoms with E-state index in [2.05, 4.69) is 10.3 Å². The van der Waals surface area contributed by atoms with Crippen LogP contribution >= 0.6 is 23.1 Å². The normalized spacial score (nSPS) is 10.6. The third kappa shape index (κ3) is 5.70. The molecule has 0 saturated heterocycles. The van der Waals surface area contributed by atoms with Crippen LogP contribution in [0, 0.1) is 0 Å². The van der Waals surface area contributed by atoms with Crippen molar-refractivity contribution in [1.82, 2.24) is 10.3 Å². The highest BCUT2D eigenvalue weighted by atomic mass is 32.2. The van der Waals surface area contributed by atoms with Gasteiger partial charge in [-0.2, -0.15) is 0 Å². The lowest BCUT2D eigenvalue weighted by atomic mass is 10.2. The second-order valence-electron chi connectivity index (χ2n) is 5.53. The third-order valence-corrected chi connectivity index (χ3v) is 5.73. The van der Waals surface area contributed by atoms with Crippen LogP contribution in [0.15, 0.2) is 52.9 Å². The molecule has 27 heavy (non-hydrogen) atoms. The summed E-state index contributed by atoms with van der Waals surface area (Å²) >= 11 is 2.83. The van der Waals surface area contributed by atoms with E-state index in [9.17, 15) is 9.59 Å². The lowest BCUT2D eigenvalue weighted by Gasteiger charge is -2.07. The number of benzene rings is 2. The number of ether oxygens (including phenoxy) is 2. The number of rotatable bonds is 8. The maximum Gasteiger partial charge on any atom is 0.316 e. The first-order valence-electron chi connectivity index (χ1n) is 8.17. The summed E-state index contributed by atoms with van der Waals surface area (Å²) in [4.78, 5) is 28.1. The Balaban J connectivity index is 1.38. The number of hydrogen-bond donors (Lipinski definition) is 1. The molecule has 1 heterocycles. The third-order valence-electron chi connectivity index (χ3n) is 3.58. The van der Waals surface area contributed by atoms with Gasteiger partial charge in [0, 0.05) is 6.54 Å². The van der Waals surface area contributed by atoms with Crippen molar-refractivity contribution in [2.75, 3.05) is 19.5 Å². The SMILES string of the molecule is COc1cccc(CNC(=O)COC(=O)CSc2nc3ccccc3s2)c1. The molecule has 0 aliphatic heterocycles. The Bertz CT molecular complexity index is 909. The highest BCUT2D eigenvalue weighted by molar-refractivity contribution is 8.01. The number of hydrogen-bond acceptors (Lipinski definition) is 7. The molecule has 0 spiro atoms. The zero-order valence-electron chi connectivity index (χ0n) is 14.6. The summed E-state index contributed by atoms with van der Waals surface area (Å²) in [6.07, 6.45) is 0. The predicted molar refractivity (Wildman–Crippen MR) is 106 cm³/mol. The summed E-state index contributed by atoms with van der Waals surface area (Å²) < 4.78 is 12.0. The molecule has 0 fully saturated rings. The molecule has 1 N–H and O–H groups in total. The topological polar surface area (TPSA) is 77.5 Å². The van der Waals surface area contributed by atoms with Crippen LogP contribution in [0.4, 0.5) is 0 Å². The number of aromatic nitrogens is 1. The molecule has 0 bridgehead atoms. The molecule has 3 aromatic rings. The fraction of sp³-hybridized carbons (Fsp3) is 0.211. The first-order valence-corrected chi connectivity index (χ1v) is 9.98. The fourth-order valence-corrected chi connectivity index (χ4v) is 4.12. The van der Waals surface area contributed by atoms with E-state index in [1.165, 1.54) is 23.1 Å². The Morgan fingerprint density at radius 1 is 1.19 bits per heavy atom. The van der Waals surface area contributed by atoms with E-state index in [1.807, 2.05) is 48.5 Å². The molecule has 6 nitrogen and oxygen atoms in total. The Hall–Kier alpha value is -2.58. The largest absolute Gasteiger partial charge is 0.497 e. The highest BCUT2D eigenvalue weighted by Crippen LogP contribution is 2.29. The maximum atomic E-state index is 11.8. The minimum Gasteiger partial charge on any atom is -0.497 e. The van der Waals surface area contributed by atoms with Crippen LogP contribution in [0.5, 0.6) is 5.75 Å². The molecule has 0 radical (unpaired) electrons. The molecule has 1 amide bonds. The number of methoxy groups -OCH3 is 1. The molecule has 0 aliphatic rings. The molecule has 2 aromatic carbocycles. The van der Waals surface area contributed by atoms with Crippen LogP contribution in [-0.4, -0.2) is 36.3 Å². The van der Waals surface area contributed by atoms with E-state index in [0.29, 0.717) is 6.54 Å². The Morgan fingerprint density at radius 3 is 2.85 bits per heavy atom. The first-order chi connectivity index (χ1) is 13.1. The number of thiazole rings is 1. The average Bonchev–Trinajstić information content (AvgIpc) is 3.12. The molecule has 8 heteroatoms.